The fourth-order valence-corrected chi connectivity index (χ4v) is 1.19. The minimum atomic E-state index is -4.54. The van der Waals surface area contributed by atoms with E-state index < -0.39 is 29.8 Å². The molecule has 0 radical (unpaired) electrons. The highest BCUT2D eigenvalue weighted by Gasteiger charge is 2.38. The Morgan fingerprint density at radius 3 is 2.46 bits per heavy atom. The van der Waals surface area contributed by atoms with Crippen LogP contribution in [0.25, 0.3) is 0 Å². The number of carboxylic acid groups (broad SMARTS) is 1. The second-order valence-corrected chi connectivity index (χ2v) is 2.69. The summed E-state index contributed by atoms with van der Waals surface area (Å²) in [6, 6.07) is 0. The summed E-state index contributed by atoms with van der Waals surface area (Å²) in [4.78, 5) is 10.4. The van der Waals surface area contributed by atoms with Crippen LogP contribution in [-0.2, 0) is 4.79 Å². The van der Waals surface area contributed by atoms with Crippen LogP contribution >= 0.6 is 0 Å². The topological polar surface area (TPSA) is 49.3 Å². The number of hydrogen-bond donors (Lipinski definition) is 2. The normalized spacial score (nSPS) is 19.0. The SMILES string of the molecule is O=C(O)C1=C(C(F)(F)F)CNCC1. The molecule has 1 heterocycles. The summed E-state index contributed by atoms with van der Waals surface area (Å²) >= 11 is 0. The molecule has 0 aliphatic carbocycles. The van der Waals surface area contributed by atoms with Crippen molar-refractivity contribution in [2.75, 3.05) is 13.1 Å². The summed E-state index contributed by atoms with van der Waals surface area (Å²) in [6.07, 6.45) is -4.62. The van der Waals surface area contributed by atoms with Crippen molar-refractivity contribution in [3.63, 3.8) is 0 Å². The van der Waals surface area contributed by atoms with Gasteiger partial charge in [-0.15, -0.1) is 0 Å². The summed E-state index contributed by atoms with van der Waals surface area (Å²) in [6.45, 7) is -0.133. The highest BCUT2D eigenvalue weighted by atomic mass is 19.4. The highest BCUT2D eigenvalue weighted by molar-refractivity contribution is 5.88. The van der Waals surface area contributed by atoms with Crippen molar-refractivity contribution in [1.29, 1.82) is 0 Å². The lowest BCUT2D eigenvalue weighted by molar-refractivity contribution is -0.134. The van der Waals surface area contributed by atoms with Crippen LogP contribution in [0.1, 0.15) is 6.42 Å². The van der Waals surface area contributed by atoms with E-state index >= 15 is 0 Å². The maximum Gasteiger partial charge on any atom is 0.414 e. The summed E-state index contributed by atoms with van der Waals surface area (Å²) in [5.41, 5.74) is -1.49. The van der Waals surface area contributed by atoms with Crippen molar-refractivity contribution in [1.82, 2.24) is 5.32 Å². The van der Waals surface area contributed by atoms with Gasteiger partial charge in [0, 0.05) is 12.1 Å². The van der Waals surface area contributed by atoms with E-state index in [1.165, 1.54) is 0 Å². The smallest absolute Gasteiger partial charge is 0.414 e. The molecule has 1 rings (SSSR count). The van der Waals surface area contributed by atoms with E-state index in [9.17, 15) is 18.0 Å². The molecule has 6 heteroatoms. The predicted molar refractivity (Wildman–Crippen MR) is 38.2 cm³/mol. The standard InChI is InChI=1S/C7H8F3NO2/c8-7(9,10)5-3-11-2-1-4(5)6(12)13/h11H,1-3H2,(H,12,13). The molecule has 1 aliphatic rings. The van der Waals surface area contributed by atoms with Gasteiger partial charge in [-0.3, -0.25) is 0 Å². The Bertz CT molecular complexity index is 257. The Labute approximate surface area is 72.2 Å². The minimum absolute atomic E-state index is 0.0792. The zero-order valence-corrected chi connectivity index (χ0v) is 6.61. The van der Waals surface area contributed by atoms with Gasteiger partial charge in [-0.25, -0.2) is 4.79 Å². The molecule has 0 atom stereocenters. The summed E-state index contributed by atoms with van der Waals surface area (Å²) < 4.78 is 36.6. The summed E-state index contributed by atoms with van der Waals surface area (Å²) in [5.74, 6) is -1.48. The van der Waals surface area contributed by atoms with Crippen molar-refractivity contribution >= 4 is 5.97 Å². The first-order chi connectivity index (χ1) is 5.93. The molecule has 0 saturated heterocycles. The van der Waals surface area contributed by atoms with Crippen molar-refractivity contribution in [3.8, 4) is 0 Å². The molecule has 0 aromatic rings. The van der Waals surface area contributed by atoms with E-state index in [1.807, 2.05) is 0 Å². The maximum absolute atomic E-state index is 12.2. The molecule has 0 spiro atoms. The molecule has 0 aromatic carbocycles. The van der Waals surface area contributed by atoms with Crippen molar-refractivity contribution in [2.24, 2.45) is 0 Å². The van der Waals surface area contributed by atoms with Crippen LogP contribution < -0.4 is 5.32 Å². The Kier molecular flexibility index (Phi) is 2.60. The average Bonchev–Trinajstić information content (AvgIpc) is 2.03. The molecule has 13 heavy (non-hydrogen) atoms. The first-order valence-electron chi connectivity index (χ1n) is 3.66. The average molecular weight is 195 g/mol. The first-order valence-corrected chi connectivity index (χ1v) is 3.66. The Balaban J connectivity index is 3.04. The lowest BCUT2D eigenvalue weighted by atomic mass is 10.0. The fraction of sp³-hybridized carbons (Fsp3) is 0.571. The molecule has 1 aliphatic heterocycles. The first kappa shape index (κ1) is 10.0. The largest absolute Gasteiger partial charge is 0.478 e. The molecule has 0 saturated carbocycles. The molecule has 0 bridgehead atoms. The second-order valence-electron chi connectivity index (χ2n) is 2.69. The number of alkyl halides is 3. The van der Waals surface area contributed by atoms with Crippen LogP contribution in [0.5, 0.6) is 0 Å². The van der Waals surface area contributed by atoms with Crippen molar-refractivity contribution in [2.45, 2.75) is 12.6 Å². The van der Waals surface area contributed by atoms with Crippen LogP contribution in [0.2, 0.25) is 0 Å². The predicted octanol–water partition coefficient (Wildman–Crippen LogP) is 0.923. The van der Waals surface area contributed by atoms with Gasteiger partial charge in [0.1, 0.15) is 0 Å². The van der Waals surface area contributed by atoms with Gasteiger partial charge in [0.05, 0.1) is 5.57 Å². The van der Waals surface area contributed by atoms with Gasteiger partial charge in [-0.1, -0.05) is 0 Å². The van der Waals surface area contributed by atoms with Crippen LogP contribution in [0.4, 0.5) is 13.2 Å². The van der Waals surface area contributed by atoms with Gasteiger partial charge < -0.3 is 10.4 Å². The maximum atomic E-state index is 12.2. The molecular weight excluding hydrogens is 187 g/mol. The van der Waals surface area contributed by atoms with Crippen LogP contribution in [0, 0.1) is 0 Å². The fourth-order valence-electron chi connectivity index (χ4n) is 1.19. The van der Waals surface area contributed by atoms with Crippen LogP contribution in [0.3, 0.4) is 0 Å². The van der Waals surface area contributed by atoms with Crippen LogP contribution in [0.15, 0.2) is 11.1 Å². The Morgan fingerprint density at radius 2 is 2.08 bits per heavy atom. The highest BCUT2D eigenvalue weighted by Crippen LogP contribution is 2.30. The third kappa shape index (κ3) is 2.21. The number of carboxylic acids is 1. The monoisotopic (exact) mass is 195 g/mol. The molecule has 0 fully saturated rings. The Morgan fingerprint density at radius 1 is 1.46 bits per heavy atom. The second kappa shape index (κ2) is 3.37. The molecule has 74 valence electrons. The lowest BCUT2D eigenvalue weighted by Gasteiger charge is -2.20. The van der Waals surface area contributed by atoms with E-state index in [0.717, 1.165) is 0 Å². The summed E-state index contributed by atoms with van der Waals surface area (Å²) in [5, 5.41) is 11.0. The number of halogens is 3. The number of aliphatic carboxylic acids is 1. The third-order valence-electron chi connectivity index (χ3n) is 1.82. The van der Waals surface area contributed by atoms with Crippen molar-refractivity contribution in [3.05, 3.63) is 11.1 Å². The summed E-state index contributed by atoms with van der Waals surface area (Å²) in [7, 11) is 0. The van der Waals surface area contributed by atoms with Gasteiger partial charge in [0.25, 0.3) is 0 Å². The number of rotatable bonds is 1. The molecule has 0 unspecified atom stereocenters. The van der Waals surface area contributed by atoms with Crippen LogP contribution in [-0.4, -0.2) is 30.3 Å². The minimum Gasteiger partial charge on any atom is -0.478 e. The number of nitrogens with one attached hydrogen (secondary N) is 1. The zero-order valence-electron chi connectivity index (χ0n) is 6.61. The van der Waals surface area contributed by atoms with E-state index in [0.29, 0.717) is 0 Å². The van der Waals surface area contributed by atoms with Gasteiger partial charge in [0.2, 0.25) is 0 Å². The molecular formula is C7H8F3NO2. The molecule has 0 aromatic heterocycles. The molecule has 0 amide bonds. The van der Waals surface area contributed by atoms with E-state index in [4.69, 9.17) is 5.11 Å². The lowest BCUT2D eigenvalue weighted by Crippen LogP contribution is -2.34. The van der Waals surface area contributed by atoms with Gasteiger partial charge >= 0.3 is 12.1 Å². The number of carbonyl (C=O) groups is 1. The van der Waals surface area contributed by atoms with E-state index in [-0.39, 0.29) is 13.0 Å². The number of hydrogen-bond acceptors (Lipinski definition) is 2. The van der Waals surface area contributed by atoms with Crippen molar-refractivity contribution < 1.29 is 23.1 Å². The van der Waals surface area contributed by atoms with Gasteiger partial charge in [-0.2, -0.15) is 13.2 Å². The molecule has 3 nitrogen and oxygen atoms in total. The van der Waals surface area contributed by atoms with Gasteiger partial charge in [0.15, 0.2) is 0 Å². The van der Waals surface area contributed by atoms with Gasteiger partial charge in [-0.05, 0) is 13.0 Å². The van der Waals surface area contributed by atoms with E-state index in [2.05, 4.69) is 5.32 Å². The molecule has 2 N–H and O–H groups in total. The van der Waals surface area contributed by atoms with E-state index in [1.54, 1.807) is 0 Å². The Hall–Kier alpha value is -1.04. The third-order valence-corrected chi connectivity index (χ3v) is 1.82. The quantitative estimate of drug-likeness (QED) is 0.654. The zero-order chi connectivity index (χ0) is 10.1.